The Morgan fingerprint density at radius 1 is 1.21 bits per heavy atom. The zero-order chi connectivity index (χ0) is 17.4. The fourth-order valence-corrected chi connectivity index (χ4v) is 3.42. The van der Waals surface area contributed by atoms with Crippen LogP contribution in [-0.4, -0.2) is 39.3 Å². The molecule has 1 heterocycles. The van der Waals surface area contributed by atoms with Crippen LogP contribution in [0.15, 0.2) is 29.3 Å². The van der Waals surface area contributed by atoms with Crippen LogP contribution in [0, 0.1) is 12.8 Å². The second kappa shape index (κ2) is 9.07. The number of hydrogen-bond acceptors (Lipinski definition) is 2. The van der Waals surface area contributed by atoms with E-state index in [2.05, 4.69) is 60.7 Å². The van der Waals surface area contributed by atoms with Crippen molar-refractivity contribution in [1.29, 1.82) is 0 Å². The van der Waals surface area contributed by atoms with Gasteiger partial charge in [0.2, 0.25) is 0 Å². The minimum Gasteiger partial charge on any atom is -0.381 e. The normalized spacial score (nSPS) is 17.8. The molecule has 1 aliphatic rings. The highest BCUT2D eigenvalue weighted by atomic mass is 16.5. The first kappa shape index (κ1) is 18.8. The zero-order valence-corrected chi connectivity index (χ0v) is 15.7. The van der Waals surface area contributed by atoms with Crippen molar-refractivity contribution in [2.75, 3.05) is 33.4 Å². The van der Waals surface area contributed by atoms with E-state index in [9.17, 15) is 0 Å². The van der Waals surface area contributed by atoms with E-state index in [1.54, 1.807) is 0 Å². The molecule has 4 heteroatoms. The van der Waals surface area contributed by atoms with Gasteiger partial charge >= 0.3 is 0 Å². The first-order valence-electron chi connectivity index (χ1n) is 9.16. The van der Waals surface area contributed by atoms with Gasteiger partial charge in [0, 0.05) is 38.8 Å². The molecule has 24 heavy (non-hydrogen) atoms. The first-order valence-corrected chi connectivity index (χ1v) is 9.16. The van der Waals surface area contributed by atoms with Gasteiger partial charge < -0.3 is 15.4 Å². The Hall–Kier alpha value is -1.55. The number of rotatable bonds is 6. The molecule has 0 saturated carbocycles. The summed E-state index contributed by atoms with van der Waals surface area (Å²) in [4.78, 5) is 4.38. The van der Waals surface area contributed by atoms with Gasteiger partial charge in [-0.05, 0) is 43.2 Å². The van der Waals surface area contributed by atoms with Crippen LogP contribution in [0.3, 0.4) is 0 Å². The molecule has 134 valence electrons. The summed E-state index contributed by atoms with van der Waals surface area (Å²) in [6.45, 7) is 10.2. The Labute approximate surface area is 147 Å². The average molecular weight is 332 g/mol. The molecule has 0 spiro atoms. The van der Waals surface area contributed by atoms with Gasteiger partial charge in [-0.15, -0.1) is 0 Å². The zero-order valence-electron chi connectivity index (χ0n) is 15.7. The van der Waals surface area contributed by atoms with E-state index >= 15 is 0 Å². The molecule has 1 aromatic rings. The van der Waals surface area contributed by atoms with Gasteiger partial charge in [-0.3, -0.25) is 4.99 Å². The van der Waals surface area contributed by atoms with Crippen molar-refractivity contribution in [1.82, 2.24) is 10.6 Å². The number of ether oxygens (including phenoxy) is 1. The number of benzene rings is 1. The molecule has 0 radical (unpaired) electrons. The second-order valence-corrected chi connectivity index (χ2v) is 7.24. The predicted molar refractivity (Wildman–Crippen MR) is 102 cm³/mol. The Kier molecular flexibility index (Phi) is 7.10. The van der Waals surface area contributed by atoms with E-state index in [4.69, 9.17) is 4.74 Å². The molecule has 1 aliphatic heterocycles. The smallest absolute Gasteiger partial charge is 0.191 e. The molecule has 2 rings (SSSR count). The van der Waals surface area contributed by atoms with Crippen molar-refractivity contribution in [2.45, 2.75) is 45.4 Å². The molecular formula is C20H33N3O. The van der Waals surface area contributed by atoms with Crippen LogP contribution >= 0.6 is 0 Å². The monoisotopic (exact) mass is 331 g/mol. The third-order valence-corrected chi connectivity index (χ3v) is 5.00. The average Bonchev–Trinajstić information content (AvgIpc) is 2.59. The summed E-state index contributed by atoms with van der Waals surface area (Å²) in [5, 5.41) is 6.99. The highest BCUT2D eigenvalue weighted by Gasteiger charge is 2.35. The number of aliphatic imine (C=N–C) groups is 1. The van der Waals surface area contributed by atoms with Gasteiger partial charge in [-0.25, -0.2) is 0 Å². The predicted octanol–water partition coefficient (Wildman–Crippen LogP) is 3.25. The van der Waals surface area contributed by atoms with Crippen LogP contribution in [0.25, 0.3) is 0 Å². The summed E-state index contributed by atoms with van der Waals surface area (Å²) >= 11 is 0. The largest absolute Gasteiger partial charge is 0.381 e. The van der Waals surface area contributed by atoms with E-state index in [1.165, 1.54) is 11.1 Å². The number of nitrogens with one attached hydrogen (secondary N) is 2. The third kappa shape index (κ3) is 4.97. The lowest BCUT2D eigenvalue weighted by Gasteiger charge is -2.39. The summed E-state index contributed by atoms with van der Waals surface area (Å²) in [6.07, 6.45) is 3.25. The molecule has 4 nitrogen and oxygen atoms in total. The number of guanidine groups is 1. The van der Waals surface area contributed by atoms with E-state index in [0.29, 0.717) is 5.92 Å². The van der Waals surface area contributed by atoms with E-state index < -0.39 is 0 Å². The van der Waals surface area contributed by atoms with Crippen molar-refractivity contribution in [3.63, 3.8) is 0 Å². The van der Waals surface area contributed by atoms with Crippen molar-refractivity contribution < 1.29 is 4.74 Å². The number of hydrogen-bond donors (Lipinski definition) is 2. The fourth-order valence-electron chi connectivity index (χ4n) is 3.42. The maximum Gasteiger partial charge on any atom is 0.191 e. The maximum atomic E-state index is 5.64. The van der Waals surface area contributed by atoms with Crippen LogP contribution in [0.1, 0.15) is 44.2 Å². The summed E-state index contributed by atoms with van der Waals surface area (Å²) in [5.41, 5.74) is 2.93. The van der Waals surface area contributed by atoms with Gasteiger partial charge in [0.15, 0.2) is 5.96 Å². The van der Waals surface area contributed by atoms with Gasteiger partial charge in [0.05, 0.1) is 0 Å². The van der Waals surface area contributed by atoms with Crippen molar-refractivity contribution in [3.8, 4) is 0 Å². The molecule has 0 unspecified atom stereocenters. The van der Waals surface area contributed by atoms with Crippen molar-refractivity contribution >= 4 is 5.96 Å². The van der Waals surface area contributed by atoms with Crippen molar-refractivity contribution in [3.05, 3.63) is 35.4 Å². The molecule has 1 fully saturated rings. The summed E-state index contributed by atoms with van der Waals surface area (Å²) < 4.78 is 5.64. The second-order valence-electron chi connectivity index (χ2n) is 7.24. The Morgan fingerprint density at radius 2 is 1.92 bits per heavy atom. The lowest BCUT2D eigenvalue weighted by atomic mass is 9.72. The Balaban J connectivity index is 2.05. The van der Waals surface area contributed by atoms with Crippen LogP contribution < -0.4 is 10.6 Å². The van der Waals surface area contributed by atoms with E-state index in [0.717, 1.165) is 51.5 Å². The molecule has 0 aromatic heterocycles. The van der Waals surface area contributed by atoms with Gasteiger partial charge in [-0.1, -0.05) is 38.1 Å². The van der Waals surface area contributed by atoms with Crippen LogP contribution in [-0.2, 0) is 10.2 Å². The minimum absolute atomic E-state index is 0.124. The highest BCUT2D eigenvalue weighted by Crippen LogP contribution is 2.36. The third-order valence-electron chi connectivity index (χ3n) is 5.00. The maximum absolute atomic E-state index is 5.64. The van der Waals surface area contributed by atoms with Crippen LogP contribution in [0.4, 0.5) is 0 Å². The standard InChI is InChI=1S/C20H33N3O/c1-16(2)9-12-22-19(21-4)23-15-20(10-13-24-14-11-20)18-8-6-5-7-17(18)3/h5-8,16H,9-15H2,1-4H3,(H2,21,22,23). The molecule has 0 aliphatic carbocycles. The minimum atomic E-state index is 0.124. The van der Waals surface area contributed by atoms with Gasteiger partial charge in [0.1, 0.15) is 0 Å². The lowest BCUT2D eigenvalue weighted by molar-refractivity contribution is 0.0512. The molecular weight excluding hydrogens is 298 g/mol. The quantitative estimate of drug-likeness (QED) is 0.621. The topological polar surface area (TPSA) is 45.7 Å². The highest BCUT2D eigenvalue weighted by molar-refractivity contribution is 5.79. The molecule has 0 amide bonds. The number of aryl methyl sites for hydroxylation is 1. The molecule has 1 saturated heterocycles. The van der Waals surface area contributed by atoms with Gasteiger partial charge in [-0.2, -0.15) is 0 Å². The van der Waals surface area contributed by atoms with Crippen LogP contribution in [0.5, 0.6) is 0 Å². The summed E-state index contributed by atoms with van der Waals surface area (Å²) in [5.74, 6) is 1.60. The van der Waals surface area contributed by atoms with Crippen LogP contribution in [0.2, 0.25) is 0 Å². The van der Waals surface area contributed by atoms with Gasteiger partial charge in [0.25, 0.3) is 0 Å². The molecule has 0 bridgehead atoms. The Morgan fingerprint density at radius 3 is 2.54 bits per heavy atom. The van der Waals surface area contributed by atoms with E-state index in [1.807, 2.05) is 7.05 Å². The first-order chi connectivity index (χ1) is 11.6. The summed E-state index contributed by atoms with van der Waals surface area (Å²) in [6, 6.07) is 8.75. The van der Waals surface area contributed by atoms with Crippen molar-refractivity contribution in [2.24, 2.45) is 10.9 Å². The fraction of sp³-hybridized carbons (Fsp3) is 0.650. The number of nitrogens with zero attached hydrogens (tertiary/aromatic N) is 1. The molecule has 2 N–H and O–H groups in total. The Bertz CT molecular complexity index is 533. The summed E-state index contributed by atoms with van der Waals surface area (Å²) in [7, 11) is 1.84. The SMILES string of the molecule is CN=C(NCCC(C)C)NCC1(c2ccccc2C)CCOCC1. The lowest BCUT2D eigenvalue weighted by Crippen LogP contribution is -2.48. The molecule has 1 aromatic carbocycles. The van der Waals surface area contributed by atoms with E-state index in [-0.39, 0.29) is 5.41 Å². The molecule has 0 atom stereocenters.